The number of carbonyl (C=O) groups excluding carboxylic acids is 1. The summed E-state index contributed by atoms with van der Waals surface area (Å²) in [6.07, 6.45) is -0.352. The molecule has 5 N–H and O–H groups in total. The van der Waals surface area contributed by atoms with Crippen molar-refractivity contribution in [1.29, 1.82) is 0 Å². The molecule has 10 nitrogen and oxygen atoms in total. The van der Waals surface area contributed by atoms with E-state index in [0.29, 0.717) is 11.1 Å². The number of hydrogen-bond acceptors (Lipinski definition) is 9. The first-order valence-corrected chi connectivity index (χ1v) is 11.1. The molecule has 0 spiro atoms. The van der Waals surface area contributed by atoms with Gasteiger partial charge in [0.1, 0.15) is 5.78 Å². The molecule has 0 aliphatic carbocycles. The number of rotatable bonds is 11. The Kier molecular flexibility index (Phi) is 8.17. The number of aromatic hydroxyl groups is 4. The van der Waals surface area contributed by atoms with E-state index in [2.05, 4.69) is 0 Å². The van der Waals surface area contributed by atoms with E-state index in [0.717, 1.165) is 0 Å². The van der Waals surface area contributed by atoms with Crippen molar-refractivity contribution in [3.8, 4) is 34.5 Å². The number of ether oxygens (including phenoxy) is 2. The fraction of sp³-hybridized carbons (Fsp3) is 0.381. The van der Waals surface area contributed by atoms with E-state index in [1.165, 1.54) is 38.5 Å². The predicted molar refractivity (Wildman–Crippen MR) is 114 cm³/mol. The van der Waals surface area contributed by atoms with Gasteiger partial charge in [-0.2, -0.15) is 8.42 Å². The Bertz CT molecular complexity index is 1080. The Morgan fingerprint density at radius 3 is 1.78 bits per heavy atom. The maximum atomic E-state index is 12.4. The van der Waals surface area contributed by atoms with Gasteiger partial charge in [0.05, 0.1) is 19.5 Å². The summed E-state index contributed by atoms with van der Waals surface area (Å²) in [6, 6.07) is 5.39. The van der Waals surface area contributed by atoms with Gasteiger partial charge in [0.25, 0.3) is 10.1 Å². The van der Waals surface area contributed by atoms with E-state index in [-0.39, 0.29) is 37.2 Å². The minimum atomic E-state index is -4.53. The number of methoxy groups -OCH3 is 2. The standard InChI is InChI=1S/C21H26O10S/c1-30-18-9-12(7-16(23)20(18)25)3-5-14(22)11-15(32(27,28)29)6-4-13-8-17(24)21(26)19(10-13)31-2/h7-10,15,23-26H,3-6,11H2,1-2H3,(H,27,28,29)/t15-/m0/s1. The van der Waals surface area contributed by atoms with Crippen LogP contribution in [0.1, 0.15) is 30.4 Å². The molecule has 2 rings (SSSR count). The lowest BCUT2D eigenvalue weighted by Gasteiger charge is -2.14. The summed E-state index contributed by atoms with van der Waals surface area (Å²) in [5.74, 6) is -2.10. The molecule has 0 radical (unpaired) electrons. The molecule has 0 bridgehead atoms. The van der Waals surface area contributed by atoms with Gasteiger partial charge in [0.2, 0.25) is 11.5 Å². The molecule has 0 aliphatic rings. The third kappa shape index (κ3) is 6.41. The van der Waals surface area contributed by atoms with E-state index in [9.17, 15) is 38.2 Å². The number of carbonyl (C=O) groups is 1. The summed E-state index contributed by atoms with van der Waals surface area (Å²) in [4.78, 5) is 12.4. The lowest BCUT2D eigenvalue weighted by atomic mass is 10.0. The van der Waals surface area contributed by atoms with Gasteiger partial charge in [-0.3, -0.25) is 9.35 Å². The van der Waals surface area contributed by atoms with Gasteiger partial charge in [0.15, 0.2) is 23.0 Å². The first-order valence-electron chi connectivity index (χ1n) is 9.62. The fourth-order valence-electron chi connectivity index (χ4n) is 3.22. The van der Waals surface area contributed by atoms with E-state index < -0.39 is 50.6 Å². The molecular formula is C21H26O10S. The van der Waals surface area contributed by atoms with E-state index >= 15 is 0 Å². The molecule has 2 aromatic carbocycles. The van der Waals surface area contributed by atoms with Gasteiger partial charge < -0.3 is 29.9 Å². The summed E-state index contributed by atoms with van der Waals surface area (Å²) in [6.45, 7) is 0. The molecular weight excluding hydrogens is 444 g/mol. The zero-order valence-electron chi connectivity index (χ0n) is 17.6. The van der Waals surface area contributed by atoms with E-state index in [1.807, 2.05) is 0 Å². The minimum absolute atomic E-state index is 0.00654. The van der Waals surface area contributed by atoms with Crippen molar-refractivity contribution in [1.82, 2.24) is 0 Å². The number of Topliss-reactive ketones (excluding diaryl/α,β-unsaturated/α-hetero) is 1. The second-order valence-corrected chi connectivity index (χ2v) is 8.95. The molecule has 11 heteroatoms. The van der Waals surface area contributed by atoms with Gasteiger partial charge in [-0.05, 0) is 54.7 Å². The van der Waals surface area contributed by atoms with Crippen LogP contribution in [0.15, 0.2) is 24.3 Å². The molecule has 2 aromatic rings. The Morgan fingerprint density at radius 2 is 1.34 bits per heavy atom. The number of ketones is 1. The Balaban J connectivity index is 2.04. The second kappa shape index (κ2) is 10.4. The largest absolute Gasteiger partial charge is 0.504 e. The average molecular weight is 470 g/mol. The minimum Gasteiger partial charge on any atom is -0.504 e. The third-order valence-corrected chi connectivity index (χ3v) is 6.24. The first-order chi connectivity index (χ1) is 15.0. The molecule has 0 unspecified atom stereocenters. The van der Waals surface area contributed by atoms with Crippen LogP contribution in [0.25, 0.3) is 0 Å². The summed E-state index contributed by atoms with van der Waals surface area (Å²) in [5, 5.41) is 37.4. The lowest BCUT2D eigenvalue weighted by Crippen LogP contribution is -2.25. The smallest absolute Gasteiger partial charge is 0.268 e. The van der Waals surface area contributed by atoms with Crippen molar-refractivity contribution < 1.29 is 47.7 Å². The van der Waals surface area contributed by atoms with Crippen LogP contribution < -0.4 is 9.47 Å². The first kappa shape index (κ1) is 25.1. The Labute approximate surface area is 185 Å². The maximum absolute atomic E-state index is 12.4. The molecule has 0 saturated heterocycles. The maximum Gasteiger partial charge on any atom is 0.268 e. The van der Waals surface area contributed by atoms with Crippen LogP contribution in [0.5, 0.6) is 34.5 Å². The van der Waals surface area contributed by atoms with Crippen LogP contribution in [0.4, 0.5) is 0 Å². The van der Waals surface area contributed by atoms with Gasteiger partial charge in [-0.25, -0.2) is 0 Å². The van der Waals surface area contributed by atoms with Gasteiger partial charge in [-0.1, -0.05) is 0 Å². The highest BCUT2D eigenvalue weighted by Crippen LogP contribution is 2.37. The van der Waals surface area contributed by atoms with Crippen molar-refractivity contribution in [3.05, 3.63) is 35.4 Å². The van der Waals surface area contributed by atoms with Crippen LogP contribution in [0.2, 0.25) is 0 Å². The monoisotopic (exact) mass is 470 g/mol. The Hall–Kier alpha value is -3.18. The molecule has 176 valence electrons. The molecule has 32 heavy (non-hydrogen) atoms. The van der Waals surface area contributed by atoms with Crippen LogP contribution in [-0.2, 0) is 27.8 Å². The zero-order chi connectivity index (χ0) is 24.1. The van der Waals surface area contributed by atoms with Crippen LogP contribution in [0, 0.1) is 0 Å². The van der Waals surface area contributed by atoms with Gasteiger partial charge in [0, 0.05) is 12.8 Å². The fourth-order valence-corrected chi connectivity index (χ4v) is 4.03. The van der Waals surface area contributed by atoms with Crippen molar-refractivity contribution in [2.45, 2.75) is 37.4 Å². The van der Waals surface area contributed by atoms with E-state index in [4.69, 9.17) is 9.47 Å². The molecule has 0 fully saturated rings. The van der Waals surface area contributed by atoms with Crippen LogP contribution in [-0.4, -0.2) is 58.6 Å². The summed E-state index contributed by atoms with van der Waals surface area (Å²) in [7, 11) is -1.92. The van der Waals surface area contributed by atoms with Crippen molar-refractivity contribution >= 4 is 15.9 Å². The third-order valence-electron chi connectivity index (χ3n) is 4.99. The number of hydrogen-bond donors (Lipinski definition) is 5. The highest BCUT2D eigenvalue weighted by atomic mass is 32.2. The molecule has 1 atom stereocenters. The second-order valence-electron chi connectivity index (χ2n) is 7.25. The quantitative estimate of drug-likeness (QED) is 0.242. The molecule has 0 aromatic heterocycles. The topological polar surface area (TPSA) is 171 Å². The van der Waals surface area contributed by atoms with Gasteiger partial charge >= 0.3 is 0 Å². The van der Waals surface area contributed by atoms with Crippen molar-refractivity contribution in [2.75, 3.05) is 14.2 Å². The van der Waals surface area contributed by atoms with Crippen molar-refractivity contribution in [2.24, 2.45) is 0 Å². The number of phenolic OH excluding ortho intramolecular Hbond substituents is 4. The van der Waals surface area contributed by atoms with Gasteiger partial charge in [-0.15, -0.1) is 0 Å². The number of phenols is 4. The normalized spacial score (nSPS) is 12.3. The molecule has 0 amide bonds. The zero-order valence-corrected chi connectivity index (χ0v) is 18.4. The highest BCUT2D eigenvalue weighted by Gasteiger charge is 2.26. The highest BCUT2D eigenvalue weighted by molar-refractivity contribution is 7.86. The molecule has 0 heterocycles. The van der Waals surface area contributed by atoms with Crippen LogP contribution in [0.3, 0.4) is 0 Å². The summed E-state index contributed by atoms with van der Waals surface area (Å²) < 4.78 is 43.0. The lowest BCUT2D eigenvalue weighted by molar-refractivity contribution is -0.119. The average Bonchev–Trinajstić information content (AvgIpc) is 2.73. The number of benzene rings is 2. The molecule has 0 saturated carbocycles. The SMILES string of the molecule is COc1cc(CCC(=O)C[C@H](CCc2cc(O)c(O)c(OC)c2)S(=O)(=O)O)cc(O)c1O. The van der Waals surface area contributed by atoms with Crippen molar-refractivity contribution in [3.63, 3.8) is 0 Å². The molecule has 0 aliphatic heterocycles. The Morgan fingerprint density at radius 1 is 0.875 bits per heavy atom. The van der Waals surface area contributed by atoms with Crippen LogP contribution >= 0.6 is 0 Å². The summed E-state index contributed by atoms with van der Waals surface area (Å²) >= 11 is 0. The predicted octanol–water partition coefficient (Wildman–Crippen LogP) is 2.31. The van der Waals surface area contributed by atoms with E-state index in [1.54, 1.807) is 0 Å². The summed E-state index contributed by atoms with van der Waals surface area (Å²) in [5.41, 5.74) is 0.950. The number of aryl methyl sites for hydroxylation is 2.